The average Bonchev–Trinajstić information content (AvgIpc) is 2.60. The Hall–Kier alpha value is -2.89. The first kappa shape index (κ1) is 18.4. The molecule has 0 heterocycles. The molecule has 2 N–H and O–H groups in total. The number of amides is 2. The van der Waals surface area contributed by atoms with Crippen molar-refractivity contribution in [1.29, 1.82) is 0 Å². The van der Waals surface area contributed by atoms with E-state index in [9.17, 15) is 14.0 Å². The Labute approximate surface area is 146 Å². The van der Waals surface area contributed by atoms with Crippen LogP contribution in [0.15, 0.2) is 48.5 Å². The maximum Gasteiger partial charge on any atom is 0.239 e. The maximum atomic E-state index is 13.2. The molecule has 2 rings (SSSR count). The van der Waals surface area contributed by atoms with E-state index in [0.29, 0.717) is 12.2 Å². The van der Waals surface area contributed by atoms with Crippen LogP contribution in [0.5, 0.6) is 5.75 Å². The number of hydrogen-bond acceptors (Lipinski definition) is 3. The predicted molar refractivity (Wildman–Crippen MR) is 93.7 cm³/mol. The first-order valence-electron chi connectivity index (χ1n) is 7.81. The highest BCUT2D eigenvalue weighted by atomic mass is 19.1. The van der Waals surface area contributed by atoms with Gasteiger partial charge in [0.15, 0.2) is 0 Å². The van der Waals surface area contributed by atoms with Crippen LogP contribution in [0, 0.1) is 11.2 Å². The second-order valence-electron chi connectivity index (χ2n) is 6.12. The van der Waals surface area contributed by atoms with E-state index in [0.717, 1.165) is 11.3 Å². The molecule has 0 spiro atoms. The molecule has 0 aromatic heterocycles. The van der Waals surface area contributed by atoms with E-state index in [2.05, 4.69) is 10.6 Å². The second kappa shape index (κ2) is 7.79. The van der Waals surface area contributed by atoms with E-state index < -0.39 is 23.0 Å². The predicted octanol–water partition coefficient (Wildman–Crippen LogP) is 3.12. The molecule has 0 fully saturated rings. The van der Waals surface area contributed by atoms with Gasteiger partial charge in [-0.15, -0.1) is 0 Å². The molecular formula is C19H21FN2O3. The van der Waals surface area contributed by atoms with Crippen LogP contribution in [0.4, 0.5) is 10.1 Å². The third-order valence-corrected chi connectivity index (χ3v) is 3.83. The normalized spacial score (nSPS) is 10.9. The van der Waals surface area contributed by atoms with Crippen molar-refractivity contribution in [2.75, 3.05) is 12.4 Å². The van der Waals surface area contributed by atoms with Crippen molar-refractivity contribution < 1.29 is 18.7 Å². The molecule has 0 aliphatic heterocycles. The molecule has 2 aromatic carbocycles. The molecule has 2 amide bonds. The van der Waals surface area contributed by atoms with Crippen LogP contribution in [0.2, 0.25) is 0 Å². The zero-order valence-electron chi connectivity index (χ0n) is 14.4. The van der Waals surface area contributed by atoms with E-state index in [1.165, 1.54) is 32.0 Å². The molecule has 132 valence electrons. The van der Waals surface area contributed by atoms with Gasteiger partial charge in [0.25, 0.3) is 0 Å². The van der Waals surface area contributed by atoms with Gasteiger partial charge < -0.3 is 15.4 Å². The topological polar surface area (TPSA) is 67.4 Å². The molecule has 0 aliphatic rings. The van der Waals surface area contributed by atoms with Gasteiger partial charge in [-0.3, -0.25) is 9.59 Å². The van der Waals surface area contributed by atoms with Gasteiger partial charge in [0.05, 0.1) is 7.11 Å². The number of hydrogen-bond donors (Lipinski definition) is 2. The van der Waals surface area contributed by atoms with Gasteiger partial charge >= 0.3 is 0 Å². The number of carbonyl (C=O) groups is 2. The third-order valence-electron chi connectivity index (χ3n) is 3.83. The highest BCUT2D eigenvalue weighted by Gasteiger charge is 2.35. The fourth-order valence-electron chi connectivity index (χ4n) is 2.10. The summed E-state index contributed by atoms with van der Waals surface area (Å²) in [6.45, 7) is 3.33. The Kier molecular flexibility index (Phi) is 5.75. The molecule has 2 aromatic rings. The minimum Gasteiger partial charge on any atom is -0.497 e. The van der Waals surface area contributed by atoms with Crippen LogP contribution in [0.1, 0.15) is 19.4 Å². The zero-order valence-corrected chi connectivity index (χ0v) is 14.4. The summed E-state index contributed by atoms with van der Waals surface area (Å²) in [5.41, 5.74) is -0.116. The van der Waals surface area contributed by atoms with Crippen LogP contribution in [-0.4, -0.2) is 18.9 Å². The maximum absolute atomic E-state index is 13.2. The minimum atomic E-state index is -1.31. The molecule has 0 aliphatic carbocycles. The zero-order chi connectivity index (χ0) is 18.4. The standard InChI is InChI=1S/C19H21FN2O3/c1-19(2,18(24)22-15-6-4-5-14(20)11-15)17(23)21-12-13-7-9-16(25-3)10-8-13/h4-11H,12H2,1-3H3,(H,21,23)(H,22,24). The molecular weight excluding hydrogens is 323 g/mol. The lowest BCUT2D eigenvalue weighted by Gasteiger charge is -2.22. The van der Waals surface area contributed by atoms with Crippen LogP contribution >= 0.6 is 0 Å². The number of anilines is 1. The molecule has 0 bridgehead atoms. The van der Waals surface area contributed by atoms with Crippen LogP contribution < -0.4 is 15.4 Å². The van der Waals surface area contributed by atoms with Crippen LogP contribution in [0.3, 0.4) is 0 Å². The fraction of sp³-hybridized carbons (Fsp3) is 0.263. The molecule has 0 saturated carbocycles. The first-order valence-corrected chi connectivity index (χ1v) is 7.81. The van der Waals surface area contributed by atoms with Crippen molar-refractivity contribution in [3.8, 4) is 5.75 Å². The van der Waals surface area contributed by atoms with Gasteiger partial charge in [-0.05, 0) is 49.7 Å². The van der Waals surface area contributed by atoms with Crippen molar-refractivity contribution in [3.63, 3.8) is 0 Å². The smallest absolute Gasteiger partial charge is 0.239 e. The highest BCUT2D eigenvalue weighted by Crippen LogP contribution is 2.20. The third kappa shape index (κ3) is 4.79. The number of ether oxygens (including phenoxy) is 1. The van der Waals surface area contributed by atoms with E-state index in [1.807, 2.05) is 12.1 Å². The molecule has 0 radical (unpaired) electrons. The van der Waals surface area contributed by atoms with Gasteiger partial charge in [0, 0.05) is 12.2 Å². The van der Waals surface area contributed by atoms with E-state index in [4.69, 9.17) is 4.74 Å². The van der Waals surface area contributed by atoms with Crippen LogP contribution in [0.25, 0.3) is 0 Å². The summed E-state index contributed by atoms with van der Waals surface area (Å²) >= 11 is 0. The number of methoxy groups -OCH3 is 1. The van der Waals surface area contributed by atoms with Gasteiger partial charge in [-0.25, -0.2) is 4.39 Å². The van der Waals surface area contributed by atoms with Gasteiger partial charge in [-0.1, -0.05) is 18.2 Å². The first-order chi connectivity index (χ1) is 11.8. The number of benzene rings is 2. The molecule has 0 saturated heterocycles. The Morgan fingerprint density at radius 2 is 1.76 bits per heavy atom. The summed E-state index contributed by atoms with van der Waals surface area (Å²) in [6, 6.07) is 12.8. The van der Waals surface area contributed by atoms with Crippen LogP contribution in [-0.2, 0) is 16.1 Å². The number of halogens is 1. The number of nitrogens with one attached hydrogen (secondary N) is 2. The van der Waals surface area contributed by atoms with Crippen molar-refractivity contribution in [3.05, 3.63) is 59.9 Å². The molecule has 25 heavy (non-hydrogen) atoms. The molecule has 6 heteroatoms. The number of carbonyl (C=O) groups excluding carboxylic acids is 2. The molecule has 5 nitrogen and oxygen atoms in total. The summed E-state index contributed by atoms with van der Waals surface area (Å²) in [7, 11) is 1.58. The van der Waals surface area contributed by atoms with E-state index in [-0.39, 0.29) is 0 Å². The number of rotatable bonds is 6. The quantitative estimate of drug-likeness (QED) is 0.791. The summed E-state index contributed by atoms with van der Waals surface area (Å²) < 4.78 is 18.3. The minimum absolute atomic E-state index is 0.291. The highest BCUT2D eigenvalue weighted by molar-refractivity contribution is 6.09. The monoisotopic (exact) mass is 344 g/mol. The summed E-state index contributed by atoms with van der Waals surface area (Å²) in [5, 5.41) is 5.30. The van der Waals surface area contributed by atoms with Crippen molar-refractivity contribution in [2.45, 2.75) is 20.4 Å². The largest absolute Gasteiger partial charge is 0.497 e. The Morgan fingerprint density at radius 1 is 1.08 bits per heavy atom. The second-order valence-corrected chi connectivity index (χ2v) is 6.12. The summed E-state index contributed by atoms with van der Waals surface area (Å²) in [4.78, 5) is 24.8. The fourth-order valence-corrected chi connectivity index (χ4v) is 2.10. The lowest BCUT2D eigenvalue weighted by Crippen LogP contribution is -2.44. The van der Waals surface area contributed by atoms with Crippen molar-refractivity contribution in [1.82, 2.24) is 5.32 Å². The van der Waals surface area contributed by atoms with Gasteiger partial charge in [0.2, 0.25) is 11.8 Å². The van der Waals surface area contributed by atoms with E-state index in [1.54, 1.807) is 25.3 Å². The Morgan fingerprint density at radius 3 is 2.36 bits per heavy atom. The van der Waals surface area contributed by atoms with E-state index >= 15 is 0 Å². The van der Waals surface area contributed by atoms with Gasteiger partial charge in [-0.2, -0.15) is 0 Å². The summed E-state index contributed by atoms with van der Waals surface area (Å²) in [6.07, 6.45) is 0. The average molecular weight is 344 g/mol. The lowest BCUT2D eigenvalue weighted by molar-refractivity contribution is -0.138. The Balaban J connectivity index is 1.96. The summed E-state index contributed by atoms with van der Waals surface area (Å²) in [5.74, 6) is -0.660. The molecule has 0 atom stereocenters. The van der Waals surface area contributed by atoms with Crippen molar-refractivity contribution in [2.24, 2.45) is 5.41 Å². The lowest BCUT2D eigenvalue weighted by atomic mass is 9.90. The Bertz CT molecular complexity index is 758. The van der Waals surface area contributed by atoms with Gasteiger partial charge in [0.1, 0.15) is 17.0 Å². The SMILES string of the molecule is COc1ccc(CNC(=O)C(C)(C)C(=O)Nc2cccc(F)c2)cc1. The molecule has 0 unspecified atom stereocenters. The van der Waals surface area contributed by atoms with Crippen molar-refractivity contribution >= 4 is 17.5 Å².